The Morgan fingerprint density at radius 2 is 1.92 bits per heavy atom. The molecule has 0 aromatic heterocycles. The Morgan fingerprint density at radius 3 is 2.48 bits per heavy atom. The molecule has 140 valence electrons. The van der Waals surface area contributed by atoms with Crippen molar-refractivity contribution in [2.24, 2.45) is 5.41 Å². The van der Waals surface area contributed by atoms with Gasteiger partial charge in [0.15, 0.2) is 6.54 Å². The summed E-state index contributed by atoms with van der Waals surface area (Å²) in [5, 5.41) is 0. The van der Waals surface area contributed by atoms with E-state index in [1.165, 1.54) is 10.5 Å². The first-order valence-electron chi connectivity index (χ1n) is 9.46. The molecule has 0 saturated carbocycles. The SMILES string of the molecule is CC(C)Oc1ccc(C[NH+]=C[C@@]2(C[NH+](C)C)CCOC(C)(C)C2)cc1. The van der Waals surface area contributed by atoms with E-state index in [-0.39, 0.29) is 17.1 Å². The van der Waals surface area contributed by atoms with E-state index in [0.717, 1.165) is 38.3 Å². The van der Waals surface area contributed by atoms with Crippen LogP contribution < -0.4 is 14.6 Å². The van der Waals surface area contributed by atoms with Crippen LogP contribution in [0.5, 0.6) is 5.75 Å². The highest BCUT2D eigenvalue weighted by Gasteiger charge is 2.44. The van der Waals surface area contributed by atoms with Crippen molar-refractivity contribution in [3.63, 3.8) is 0 Å². The predicted octanol–water partition coefficient (Wildman–Crippen LogP) is 0.845. The van der Waals surface area contributed by atoms with E-state index in [1.54, 1.807) is 0 Å². The minimum Gasteiger partial charge on any atom is -0.491 e. The average molecular weight is 349 g/mol. The maximum Gasteiger partial charge on any atom is 0.165 e. The molecule has 1 atom stereocenters. The summed E-state index contributed by atoms with van der Waals surface area (Å²) in [7, 11) is 4.46. The molecule has 0 unspecified atom stereocenters. The molecule has 1 aromatic rings. The topological polar surface area (TPSA) is 36.9 Å². The largest absolute Gasteiger partial charge is 0.491 e. The first kappa shape index (κ1) is 19.9. The number of hydrogen-bond acceptors (Lipinski definition) is 2. The lowest BCUT2D eigenvalue weighted by Crippen LogP contribution is -3.07. The second-order valence-corrected chi connectivity index (χ2v) is 8.62. The van der Waals surface area contributed by atoms with Gasteiger partial charge in [-0.1, -0.05) is 0 Å². The maximum atomic E-state index is 5.94. The molecule has 0 spiro atoms. The van der Waals surface area contributed by atoms with Gasteiger partial charge >= 0.3 is 0 Å². The molecule has 25 heavy (non-hydrogen) atoms. The van der Waals surface area contributed by atoms with E-state index in [1.807, 2.05) is 26.0 Å². The Balaban J connectivity index is 2.03. The molecule has 1 fully saturated rings. The fraction of sp³-hybridized carbons (Fsp3) is 0.667. The van der Waals surface area contributed by atoms with Gasteiger partial charge in [-0.05, 0) is 64.8 Å². The molecule has 1 aromatic carbocycles. The van der Waals surface area contributed by atoms with Crippen LogP contribution in [-0.4, -0.2) is 45.2 Å². The molecule has 0 aliphatic carbocycles. The Kier molecular flexibility index (Phi) is 6.64. The number of benzene rings is 1. The Bertz CT molecular complexity index is 564. The summed E-state index contributed by atoms with van der Waals surface area (Å²) in [6, 6.07) is 8.37. The second-order valence-electron chi connectivity index (χ2n) is 8.62. The average Bonchev–Trinajstić information content (AvgIpc) is 2.46. The lowest BCUT2D eigenvalue weighted by atomic mass is 9.74. The summed E-state index contributed by atoms with van der Waals surface area (Å²) >= 11 is 0. The van der Waals surface area contributed by atoms with Crippen molar-refractivity contribution in [1.29, 1.82) is 0 Å². The van der Waals surface area contributed by atoms with Gasteiger partial charge in [0.2, 0.25) is 0 Å². The summed E-state index contributed by atoms with van der Waals surface area (Å²) in [6.07, 6.45) is 4.68. The Hall–Kier alpha value is -1.39. The van der Waals surface area contributed by atoms with Gasteiger partial charge in [0.25, 0.3) is 0 Å². The van der Waals surface area contributed by atoms with E-state index in [4.69, 9.17) is 9.47 Å². The van der Waals surface area contributed by atoms with Gasteiger partial charge in [0.05, 0.1) is 32.3 Å². The molecule has 1 heterocycles. The maximum absolute atomic E-state index is 5.94. The van der Waals surface area contributed by atoms with Crippen LogP contribution in [0.15, 0.2) is 24.3 Å². The highest BCUT2D eigenvalue weighted by molar-refractivity contribution is 5.60. The van der Waals surface area contributed by atoms with Crippen LogP contribution in [0.1, 0.15) is 46.1 Å². The van der Waals surface area contributed by atoms with Crippen LogP contribution in [0.25, 0.3) is 0 Å². The molecule has 4 nitrogen and oxygen atoms in total. The predicted molar refractivity (Wildman–Crippen MR) is 102 cm³/mol. The summed E-state index contributed by atoms with van der Waals surface area (Å²) in [5.41, 5.74) is 1.40. The van der Waals surface area contributed by atoms with Crippen molar-refractivity contribution in [3.05, 3.63) is 29.8 Å². The molecular weight excluding hydrogens is 312 g/mol. The fourth-order valence-electron chi connectivity index (χ4n) is 3.89. The summed E-state index contributed by atoms with van der Waals surface area (Å²) in [5.74, 6) is 0.932. The zero-order chi connectivity index (χ0) is 18.5. The lowest BCUT2D eigenvalue weighted by molar-refractivity contribution is -0.864. The van der Waals surface area contributed by atoms with Gasteiger partial charge in [-0.3, -0.25) is 0 Å². The number of rotatable bonds is 7. The van der Waals surface area contributed by atoms with Crippen LogP contribution in [0.4, 0.5) is 0 Å². The number of ether oxygens (including phenoxy) is 2. The molecule has 1 aliphatic heterocycles. The van der Waals surface area contributed by atoms with E-state index in [9.17, 15) is 0 Å². The normalized spacial score (nSPS) is 23.5. The number of hydrogen-bond donors (Lipinski definition) is 2. The number of quaternary nitrogens is 1. The smallest absolute Gasteiger partial charge is 0.165 e. The van der Waals surface area contributed by atoms with E-state index < -0.39 is 0 Å². The third-order valence-electron chi connectivity index (χ3n) is 4.59. The molecule has 0 radical (unpaired) electrons. The van der Waals surface area contributed by atoms with Crippen LogP contribution in [-0.2, 0) is 11.3 Å². The quantitative estimate of drug-likeness (QED) is 0.717. The van der Waals surface area contributed by atoms with Gasteiger partial charge in [-0.25, -0.2) is 4.99 Å². The first-order valence-corrected chi connectivity index (χ1v) is 9.46. The highest BCUT2D eigenvalue weighted by atomic mass is 16.5. The monoisotopic (exact) mass is 348 g/mol. The van der Waals surface area contributed by atoms with Crippen molar-refractivity contribution in [2.45, 2.75) is 58.8 Å². The molecule has 1 aliphatic rings. The van der Waals surface area contributed by atoms with Gasteiger partial charge < -0.3 is 14.4 Å². The standard InChI is InChI=1S/C21H34N2O2/c1-17(2)25-19-9-7-18(8-10-19)13-22-15-21(16-23(5)6)11-12-24-20(3,4)14-21/h7-10,15,17H,11-14,16H2,1-6H3/p+2/t21-/m1/s1. The van der Waals surface area contributed by atoms with Crippen molar-refractivity contribution >= 4 is 6.21 Å². The van der Waals surface area contributed by atoms with Crippen LogP contribution >= 0.6 is 0 Å². The zero-order valence-electron chi connectivity index (χ0n) is 16.8. The highest BCUT2D eigenvalue weighted by Crippen LogP contribution is 2.35. The molecular formula is C21H36N2O2+2. The molecule has 2 N–H and O–H groups in total. The van der Waals surface area contributed by atoms with E-state index in [0.29, 0.717) is 0 Å². The second kappa shape index (κ2) is 8.33. The molecule has 2 rings (SSSR count). The minimum absolute atomic E-state index is 0.0539. The minimum atomic E-state index is -0.0539. The van der Waals surface area contributed by atoms with Crippen LogP contribution in [0.3, 0.4) is 0 Å². The summed E-state index contributed by atoms with van der Waals surface area (Å²) in [4.78, 5) is 5.06. The third-order valence-corrected chi connectivity index (χ3v) is 4.59. The zero-order valence-corrected chi connectivity index (χ0v) is 16.8. The molecule has 0 bridgehead atoms. The van der Waals surface area contributed by atoms with Gasteiger partial charge in [-0.15, -0.1) is 0 Å². The van der Waals surface area contributed by atoms with Gasteiger partial charge in [0, 0.05) is 12.2 Å². The molecule has 1 saturated heterocycles. The van der Waals surface area contributed by atoms with E-state index >= 15 is 0 Å². The fourth-order valence-corrected chi connectivity index (χ4v) is 3.89. The first-order chi connectivity index (χ1) is 11.7. The van der Waals surface area contributed by atoms with Crippen LogP contribution in [0.2, 0.25) is 0 Å². The Labute approximate surface area is 153 Å². The van der Waals surface area contributed by atoms with E-state index in [2.05, 4.69) is 51.3 Å². The van der Waals surface area contributed by atoms with Crippen molar-refractivity contribution < 1.29 is 19.4 Å². The molecule has 4 heteroatoms. The number of nitrogens with one attached hydrogen (secondary N) is 2. The van der Waals surface area contributed by atoms with Crippen molar-refractivity contribution in [1.82, 2.24) is 0 Å². The third kappa shape index (κ3) is 6.44. The van der Waals surface area contributed by atoms with Gasteiger partial charge in [-0.2, -0.15) is 0 Å². The lowest BCUT2D eigenvalue weighted by Gasteiger charge is -2.41. The van der Waals surface area contributed by atoms with Crippen molar-refractivity contribution in [3.8, 4) is 5.75 Å². The van der Waals surface area contributed by atoms with Gasteiger partial charge in [0.1, 0.15) is 17.4 Å². The summed E-state index contributed by atoms with van der Waals surface area (Å²) in [6.45, 7) is 11.3. The van der Waals surface area contributed by atoms with Crippen LogP contribution in [0, 0.1) is 5.41 Å². The Morgan fingerprint density at radius 1 is 1.24 bits per heavy atom. The molecule has 0 amide bonds. The van der Waals surface area contributed by atoms with Crippen molar-refractivity contribution in [2.75, 3.05) is 27.2 Å². The summed E-state index contributed by atoms with van der Waals surface area (Å²) < 4.78 is 11.6.